The molecule has 308 valence electrons. The third kappa shape index (κ3) is 10.8. The number of carboxylic acid groups (broad SMARTS) is 3. The van der Waals surface area contributed by atoms with Gasteiger partial charge in [0.25, 0.3) is 17.9 Å². The van der Waals surface area contributed by atoms with Crippen LogP contribution in [0.5, 0.6) is 23.0 Å². The first kappa shape index (κ1) is 44.8. The van der Waals surface area contributed by atoms with Gasteiger partial charge in [-0.25, -0.2) is 4.79 Å². The average molecular weight is 789 g/mol. The molecule has 3 heterocycles. The molecule has 0 bridgehead atoms. The van der Waals surface area contributed by atoms with Crippen molar-refractivity contribution < 1.29 is 72.5 Å². The maximum absolute atomic E-state index is 13.5. The number of aromatic amines is 1. The van der Waals surface area contributed by atoms with Gasteiger partial charge in [0.1, 0.15) is 18.0 Å². The molecule has 0 radical (unpaired) electrons. The second-order valence-electron chi connectivity index (χ2n) is 13.2. The standard InChI is InChI=1S/C33H40N2O9.3C2H4O2/c1-38-19-7-8-20-21-9-10-35-16-18-13-27(44-32(36)17-11-25(39-2)30(41-4)26(12-17)40-3)31(42-5)28(33(37)43-6)22(18)15-24(35)29(21)34-23(20)14-19;3*1-2(3)4/h7-8,11-12,14,18,22,24,27-28,31,34H,9-10,13,15-16H2,1-6H3;3*1H3,(H,3,4)/t18-,22+,24-,27-,28+,31+;;;/m1.../s1. The molecule has 1 aliphatic carbocycles. The maximum Gasteiger partial charge on any atom is 0.338 e. The van der Waals surface area contributed by atoms with Crippen molar-refractivity contribution in [1.29, 1.82) is 0 Å². The number of nitrogens with zero attached hydrogens (tertiary/aromatic N) is 1. The number of carboxylic acids is 3. The number of carbonyl (C=O) groups excluding carboxylic acids is 2. The number of methoxy groups -OCH3 is 6. The molecule has 1 saturated heterocycles. The van der Waals surface area contributed by atoms with Crippen LogP contribution in [0.15, 0.2) is 30.3 Å². The van der Waals surface area contributed by atoms with Gasteiger partial charge in [0.05, 0.1) is 53.1 Å². The smallest absolute Gasteiger partial charge is 0.338 e. The molecule has 2 fully saturated rings. The highest BCUT2D eigenvalue weighted by molar-refractivity contribution is 5.91. The number of H-pyrrole nitrogens is 1. The van der Waals surface area contributed by atoms with Crippen molar-refractivity contribution in [2.75, 3.05) is 55.7 Å². The van der Waals surface area contributed by atoms with Gasteiger partial charge < -0.3 is 53.5 Å². The highest BCUT2D eigenvalue weighted by atomic mass is 16.6. The number of ether oxygens (including phenoxy) is 7. The van der Waals surface area contributed by atoms with E-state index in [-0.39, 0.29) is 29.4 Å². The zero-order valence-electron chi connectivity index (χ0n) is 33.1. The number of carbonyl (C=O) groups is 5. The van der Waals surface area contributed by atoms with E-state index in [0.717, 1.165) is 58.0 Å². The fourth-order valence-corrected chi connectivity index (χ4v) is 7.76. The Kier molecular flexibility index (Phi) is 16.3. The van der Waals surface area contributed by atoms with E-state index in [1.807, 2.05) is 12.1 Å². The van der Waals surface area contributed by atoms with Crippen molar-refractivity contribution in [2.24, 2.45) is 17.8 Å². The lowest BCUT2D eigenvalue weighted by Gasteiger charge is -2.52. The molecule has 1 aromatic heterocycles. The number of fused-ring (bicyclic) bond motifs is 6. The number of benzene rings is 2. The van der Waals surface area contributed by atoms with Crippen LogP contribution in [0.2, 0.25) is 0 Å². The molecule has 0 amide bonds. The summed E-state index contributed by atoms with van der Waals surface area (Å²) in [5.41, 5.74) is 3.83. The van der Waals surface area contributed by atoms with Gasteiger partial charge in [-0.05, 0) is 60.9 Å². The summed E-state index contributed by atoms with van der Waals surface area (Å²) < 4.78 is 39.1. The van der Waals surface area contributed by atoms with E-state index in [1.54, 1.807) is 26.4 Å². The average Bonchev–Trinajstić information content (AvgIpc) is 3.53. The quantitative estimate of drug-likeness (QED) is 0.231. The lowest BCUT2D eigenvalue weighted by Crippen LogP contribution is -2.58. The third-order valence-electron chi connectivity index (χ3n) is 9.76. The Balaban J connectivity index is 0.000000617. The molecule has 0 spiro atoms. The summed E-state index contributed by atoms with van der Waals surface area (Å²) in [5, 5.41) is 23.5. The van der Waals surface area contributed by atoms with Gasteiger partial charge in [-0.3, -0.25) is 24.1 Å². The molecule has 2 aliphatic heterocycles. The van der Waals surface area contributed by atoms with Crippen LogP contribution in [-0.4, -0.2) is 123 Å². The first-order valence-corrected chi connectivity index (χ1v) is 17.7. The van der Waals surface area contributed by atoms with E-state index in [9.17, 15) is 9.59 Å². The molecule has 3 aliphatic rings. The Labute approximate surface area is 324 Å². The number of rotatable bonds is 8. The summed E-state index contributed by atoms with van der Waals surface area (Å²) in [5.74, 6) is -2.06. The van der Waals surface area contributed by atoms with Gasteiger partial charge in [-0.2, -0.15) is 0 Å². The fraction of sp³-hybridized carbons (Fsp3) is 0.513. The van der Waals surface area contributed by atoms with Crippen LogP contribution >= 0.6 is 0 Å². The first-order valence-electron chi connectivity index (χ1n) is 17.7. The van der Waals surface area contributed by atoms with Gasteiger partial charge in [-0.15, -0.1) is 0 Å². The second kappa shape index (κ2) is 20.4. The van der Waals surface area contributed by atoms with Crippen LogP contribution < -0.4 is 18.9 Å². The number of piperidine rings is 1. The topological polar surface area (TPSA) is 230 Å². The minimum absolute atomic E-state index is 0.0170. The molecular formula is C39H52N2O15. The minimum atomic E-state index is -0.833. The van der Waals surface area contributed by atoms with Crippen molar-refractivity contribution in [3.05, 3.63) is 47.2 Å². The minimum Gasteiger partial charge on any atom is -0.497 e. The molecule has 17 nitrogen and oxygen atoms in total. The summed E-state index contributed by atoms with van der Waals surface area (Å²) in [6, 6.07) is 9.40. The van der Waals surface area contributed by atoms with E-state index in [1.165, 1.54) is 45.1 Å². The van der Waals surface area contributed by atoms with Crippen molar-refractivity contribution >= 4 is 40.7 Å². The van der Waals surface area contributed by atoms with Crippen LogP contribution in [0.3, 0.4) is 0 Å². The third-order valence-corrected chi connectivity index (χ3v) is 9.76. The summed E-state index contributed by atoms with van der Waals surface area (Å²) in [6.07, 6.45) is 0.920. The molecule has 1 saturated carbocycles. The SMILES string of the molecule is CC(=O)O.CC(=O)O.CC(=O)O.COC(=O)[C@H]1[C@H]2C[C@@H]3c4[nH]c5cc(OC)ccc5c4CCN3C[C@H]2C[C@@H](OC(=O)c2cc(OC)c(OC)c(OC)c2)[C@@H]1OC. The highest BCUT2D eigenvalue weighted by Crippen LogP contribution is 2.51. The monoisotopic (exact) mass is 788 g/mol. The fourth-order valence-electron chi connectivity index (χ4n) is 7.76. The molecular weight excluding hydrogens is 736 g/mol. The zero-order chi connectivity index (χ0) is 41.9. The number of nitrogens with one attached hydrogen (secondary N) is 1. The highest BCUT2D eigenvalue weighted by Gasteiger charge is 2.54. The first-order chi connectivity index (χ1) is 26.5. The molecule has 2 aromatic carbocycles. The largest absolute Gasteiger partial charge is 0.497 e. The Bertz CT molecular complexity index is 1790. The van der Waals surface area contributed by atoms with Gasteiger partial charge in [0.2, 0.25) is 5.75 Å². The molecule has 4 N–H and O–H groups in total. The number of hydrogen-bond donors (Lipinski definition) is 4. The lowest BCUT2D eigenvalue weighted by molar-refractivity contribution is -0.176. The number of aliphatic carboxylic acids is 3. The van der Waals surface area contributed by atoms with E-state index in [2.05, 4.69) is 16.0 Å². The summed E-state index contributed by atoms with van der Waals surface area (Å²) in [4.78, 5) is 60.1. The molecule has 17 heteroatoms. The Morgan fingerprint density at radius 2 is 1.38 bits per heavy atom. The second-order valence-corrected chi connectivity index (χ2v) is 13.2. The van der Waals surface area contributed by atoms with Gasteiger partial charge in [0, 0.05) is 63.6 Å². The van der Waals surface area contributed by atoms with Gasteiger partial charge >= 0.3 is 11.9 Å². The summed E-state index contributed by atoms with van der Waals surface area (Å²) in [7, 11) is 9.10. The van der Waals surface area contributed by atoms with E-state index in [0.29, 0.717) is 23.7 Å². The number of hydrogen-bond acceptors (Lipinski definition) is 13. The van der Waals surface area contributed by atoms with Crippen LogP contribution in [-0.2, 0) is 39.8 Å². The van der Waals surface area contributed by atoms with E-state index >= 15 is 0 Å². The molecule has 0 unspecified atom stereocenters. The summed E-state index contributed by atoms with van der Waals surface area (Å²) >= 11 is 0. The summed E-state index contributed by atoms with van der Waals surface area (Å²) in [6.45, 7) is 4.93. The Hall–Kier alpha value is -5.55. The lowest BCUT2D eigenvalue weighted by atomic mass is 9.63. The van der Waals surface area contributed by atoms with Crippen LogP contribution in [0.4, 0.5) is 0 Å². The van der Waals surface area contributed by atoms with Crippen molar-refractivity contribution in [1.82, 2.24) is 9.88 Å². The molecule has 6 atom stereocenters. The molecule has 3 aromatic rings. The predicted octanol–water partition coefficient (Wildman–Crippen LogP) is 4.44. The van der Waals surface area contributed by atoms with Crippen LogP contribution in [0, 0.1) is 17.8 Å². The normalized spacial score (nSPS) is 21.9. The number of aromatic nitrogens is 1. The Morgan fingerprint density at radius 1 is 0.786 bits per heavy atom. The molecule has 56 heavy (non-hydrogen) atoms. The van der Waals surface area contributed by atoms with Gasteiger partial charge in [-0.1, -0.05) is 0 Å². The van der Waals surface area contributed by atoms with Crippen LogP contribution in [0.25, 0.3) is 10.9 Å². The van der Waals surface area contributed by atoms with E-state index in [4.69, 9.17) is 62.9 Å². The zero-order valence-corrected chi connectivity index (χ0v) is 33.1. The van der Waals surface area contributed by atoms with Gasteiger partial charge in [0.15, 0.2) is 11.5 Å². The van der Waals surface area contributed by atoms with Crippen LogP contribution in [0.1, 0.15) is 61.3 Å². The van der Waals surface area contributed by atoms with Crippen molar-refractivity contribution in [2.45, 2.75) is 58.3 Å². The Morgan fingerprint density at radius 3 is 1.88 bits per heavy atom. The maximum atomic E-state index is 13.5. The van der Waals surface area contributed by atoms with E-state index < -0.39 is 42.0 Å². The predicted molar refractivity (Wildman–Crippen MR) is 201 cm³/mol. The van der Waals surface area contributed by atoms with Crippen molar-refractivity contribution in [3.63, 3.8) is 0 Å². The molecule has 6 rings (SSSR count). The van der Waals surface area contributed by atoms with Crippen molar-refractivity contribution in [3.8, 4) is 23.0 Å². The number of esters is 2.